The van der Waals surface area contributed by atoms with Crippen molar-refractivity contribution in [1.82, 2.24) is 9.55 Å². The summed E-state index contributed by atoms with van der Waals surface area (Å²) in [6.45, 7) is 1.33. The highest BCUT2D eigenvalue weighted by Crippen LogP contribution is 2.33. The zero-order valence-electron chi connectivity index (χ0n) is 10.2. The molecule has 0 spiro atoms. The van der Waals surface area contributed by atoms with E-state index in [9.17, 15) is 4.79 Å². The lowest BCUT2D eigenvalue weighted by Crippen LogP contribution is -2.04. The van der Waals surface area contributed by atoms with Crippen LogP contribution >= 0.6 is 22.6 Å². The van der Waals surface area contributed by atoms with Crippen molar-refractivity contribution in [1.29, 1.82) is 0 Å². The first-order valence-electron chi connectivity index (χ1n) is 5.77. The van der Waals surface area contributed by atoms with Gasteiger partial charge in [-0.3, -0.25) is 0 Å². The van der Waals surface area contributed by atoms with E-state index in [1.807, 2.05) is 10.8 Å². The number of imidazole rings is 1. The van der Waals surface area contributed by atoms with Gasteiger partial charge in [0.25, 0.3) is 0 Å². The number of fused-ring (bicyclic) bond motifs is 3. The van der Waals surface area contributed by atoms with E-state index in [1.165, 1.54) is 7.11 Å². The second-order valence-electron chi connectivity index (χ2n) is 4.13. The number of rotatable bonds is 1. The Kier molecular flexibility index (Phi) is 3.17. The minimum Gasteiger partial charge on any atom is -0.491 e. The Morgan fingerprint density at radius 2 is 2.37 bits per heavy atom. The molecule has 0 aliphatic carbocycles. The smallest absolute Gasteiger partial charge is 0.337 e. The molecule has 1 aromatic carbocycles. The zero-order valence-corrected chi connectivity index (χ0v) is 12.4. The second kappa shape index (κ2) is 4.84. The molecule has 98 valence electrons. The third-order valence-corrected chi connectivity index (χ3v) is 3.50. The van der Waals surface area contributed by atoms with Gasteiger partial charge in [0, 0.05) is 6.20 Å². The van der Waals surface area contributed by atoms with Crippen LogP contribution in [0.5, 0.6) is 5.75 Å². The molecular formula is C13H11IN2O3. The summed E-state index contributed by atoms with van der Waals surface area (Å²) in [5, 5.41) is 0. The summed E-state index contributed by atoms with van der Waals surface area (Å²) in [7, 11) is 1.37. The van der Waals surface area contributed by atoms with Gasteiger partial charge >= 0.3 is 5.97 Å². The fourth-order valence-corrected chi connectivity index (χ4v) is 2.66. The van der Waals surface area contributed by atoms with Crippen LogP contribution in [0.2, 0.25) is 0 Å². The van der Waals surface area contributed by atoms with Gasteiger partial charge in [0.2, 0.25) is 0 Å². The summed E-state index contributed by atoms with van der Waals surface area (Å²) in [5.41, 5.74) is 1.32. The molecule has 5 nitrogen and oxygen atoms in total. The first-order valence-corrected chi connectivity index (χ1v) is 6.85. The van der Waals surface area contributed by atoms with E-state index in [0.29, 0.717) is 12.2 Å². The number of ether oxygens (including phenoxy) is 2. The number of aromatic nitrogens is 2. The molecule has 0 fully saturated rings. The predicted molar refractivity (Wildman–Crippen MR) is 77.2 cm³/mol. The molecule has 0 N–H and O–H groups in total. The predicted octanol–water partition coefficient (Wildman–Crippen LogP) is 2.33. The first-order chi connectivity index (χ1) is 9.19. The van der Waals surface area contributed by atoms with Crippen molar-refractivity contribution in [3.63, 3.8) is 0 Å². The SMILES string of the molecule is COC(=O)c1ccc2c(c1)-c1nc(I)cn1CCO2. The first kappa shape index (κ1) is 12.5. The summed E-state index contributed by atoms with van der Waals surface area (Å²) >= 11 is 2.18. The Morgan fingerprint density at radius 3 is 3.16 bits per heavy atom. The average molecular weight is 370 g/mol. The standard InChI is InChI=1S/C13H11IN2O3/c1-18-13(17)8-2-3-10-9(6-8)12-15-11(14)7-16(12)4-5-19-10/h2-3,6-7H,4-5H2,1H3. The number of esters is 1. The van der Waals surface area contributed by atoms with Crippen molar-refractivity contribution < 1.29 is 14.3 Å². The Morgan fingerprint density at radius 1 is 1.53 bits per heavy atom. The van der Waals surface area contributed by atoms with E-state index in [2.05, 4.69) is 27.6 Å². The molecule has 0 atom stereocenters. The molecule has 6 heteroatoms. The molecule has 0 amide bonds. The molecule has 0 bridgehead atoms. The highest BCUT2D eigenvalue weighted by Gasteiger charge is 2.19. The molecule has 0 saturated heterocycles. The summed E-state index contributed by atoms with van der Waals surface area (Å²) < 4.78 is 13.4. The number of nitrogens with zero attached hydrogens (tertiary/aromatic N) is 2. The monoisotopic (exact) mass is 370 g/mol. The van der Waals surface area contributed by atoms with Gasteiger partial charge in [0.1, 0.15) is 21.9 Å². The summed E-state index contributed by atoms with van der Waals surface area (Å²) in [6.07, 6.45) is 1.97. The van der Waals surface area contributed by atoms with Crippen LogP contribution in [-0.4, -0.2) is 29.2 Å². The number of methoxy groups -OCH3 is 1. The molecule has 0 unspecified atom stereocenters. The van der Waals surface area contributed by atoms with Crippen LogP contribution in [0, 0.1) is 3.70 Å². The molecule has 3 rings (SSSR count). The van der Waals surface area contributed by atoms with Gasteiger partial charge in [-0.05, 0) is 40.8 Å². The van der Waals surface area contributed by atoms with Crippen LogP contribution in [-0.2, 0) is 11.3 Å². The van der Waals surface area contributed by atoms with Crippen LogP contribution in [0.15, 0.2) is 24.4 Å². The fraction of sp³-hybridized carbons (Fsp3) is 0.231. The Balaban J connectivity index is 2.17. The third-order valence-electron chi connectivity index (χ3n) is 2.98. The zero-order chi connectivity index (χ0) is 13.4. The molecule has 0 saturated carbocycles. The van der Waals surface area contributed by atoms with Crippen molar-refractivity contribution in [2.75, 3.05) is 13.7 Å². The Hall–Kier alpha value is -1.57. The van der Waals surface area contributed by atoms with Gasteiger partial charge in [0.15, 0.2) is 0 Å². The third kappa shape index (κ3) is 2.20. The van der Waals surface area contributed by atoms with Crippen molar-refractivity contribution >= 4 is 28.6 Å². The maximum atomic E-state index is 11.6. The van der Waals surface area contributed by atoms with E-state index >= 15 is 0 Å². The number of hydrogen-bond acceptors (Lipinski definition) is 4. The molecular weight excluding hydrogens is 359 g/mol. The molecule has 1 aliphatic heterocycles. The van der Waals surface area contributed by atoms with Crippen LogP contribution < -0.4 is 4.74 Å². The van der Waals surface area contributed by atoms with E-state index in [-0.39, 0.29) is 5.97 Å². The van der Waals surface area contributed by atoms with Crippen LogP contribution in [0.25, 0.3) is 11.4 Å². The van der Waals surface area contributed by atoms with Gasteiger partial charge in [-0.1, -0.05) is 0 Å². The van der Waals surface area contributed by atoms with Crippen molar-refractivity contribution in [3.8, 4) is 17.1 Å². The molecule has 1 aromatic heterocycles. The number of carbonyl (C=O) groups excluding carboxylic acids is 1. The normalized spacial score (nSPS) is 12.9. The summed E-state index contributed by atoms with van der Waals surface area (Å²) in [5.74, 6) is 1.20. The highest BCUT2D eigenvalue weighted by molar-refractivity contribution is 14.1. The van der Waals surface area contributed by atoms with Crippen LogP contribution in [0.4, 0.5) is 0 Å². The van der Waals surface area contributed by atoms with E-state index in [1.54, 1.807) is 18.2 Å². The lowest BCUT2D eigenvalue weighted by Gasteiger charge is -2.07. The average Bonchev–Trinajstić information content (AvgIpc) is 2.71. The van der Waals surface area contributed by atoms with E-state index in [4.69, 9.17) is 9.47 Å². The number of carbonyl (C=O) groups is 1. The number of halogens is 1. The Bertz CT molecular complexity index is 651. The lowest BCUT2D eigenvalue weighted by atomic mass is 10.1. The minimum atomic E-state index is -0.361. The highest BCUT2D eigenvalue weighted by atomic mass is 127. The quantitative estimate of drug-likeness (QED) is 0.571. The second-order valence-corrected chi connectivity index (χ2v) is 5.24. The minimum absolute atomic E-state index is 0.361. The fourth-order valence-electron chi connectivity index (χ4n) is 2.10. The summed E-state index contributed by atoms with van der Waals surface area (Å²) in [6, 6.07) is 5.26. The molecule has 1 aliphatic rings. The van der Waals surface area contributed by atoms with E-state index in [0.717, 1.165) is 27.4 Å². The number of benzene rings is 1. The lowest BCUT2D eigenvalue weighted by molar-refractivity contribution is 0.0601. The Labute approximate surface area is 123 Å². The molecule has 0 radical (unpaired) electrons. The van der Waals surface area contributed by atoms with Gasteiger partial charge in [-0.25, -0.2) is 9.78 Å². The van der Waals surface area contributed by atoms with Crippen molar-refractivity contribution in [3.05, 3.63) is 33.7 Å². The van der Waals surface area contributed by atoms with Gasteiger partial charge in [-0.2, -0.15) is 0 Å². The maximum Gasteiger partial charge on any atom is 0.337 e. The van der Waals surface area contributed by atoms with Crippen LogP contribution in [0.1, 0.15) is 10.4 Å². The molecule has 2 aromatic rings. The maximum absolute atomic E-state index is 11.6. The number of hydrogen-bond donors (Lipinski definition) is 0. The van der Waals surface area contributed by atoms with Crippen molar-refractivity contribution in [2.45, 2.75) is 6.54 Å². The van der Waals surface area contributed by atoms with Crippen molar-refractivity contribution in [2.24, 2.45) is 0 Å². The molecule has 2 heterocycles. The van der Waals surface area contributed by atoms with Gasteiger partial charge in [-0.15, -0.1) is 0 Å². The van der Waals surface area contributed by atoms with Gasteiger partial charge < -0.3 is 14.0 Å². The topological polar surface area (TPSA) is 53.3 Å². The van der Waals surface area contributed by atoms with Gasteiger partial charge in [0.05, 0.1) is 24.8 Å². The largest absolute Gasteiger partial charge is 0.491 e. The van der Waals surface area contributed by atoms with E-state index < -0.39 is 0 Å². The molecule has 19 heavy (non-hydrogen) atoms. The summed E-state index contributed by atoms with van der Waals surface area (Å²) in [4.78, 5) is 16.1. The van der Waals surface area contributed by atoms with Crippen LogP contribution in [0.3, 0.4) is 0 Å².